The molecule has 5 unspecified atom stereocenters. The maximum Gasteiger partial charge on any atom is 0.326 e. The average Bonchev–Trinajstić information content (AvgIpc) is 2.65. The van der Waals surface area contributed by atoms with Gasteiger partial charge in [0.15, 0.2) is 0 Å². The Bertz CT molecular complexity index is 528. The van der Waals surface area contributed by atoms with Crippen LogP contribution in [-0.2, 0) is 19.2 Å². The van der Waals surface area contributed by atoms with Crippen molar-refractivity contribution in [1.29, 1.82) is 0 Å². The van der Waals surface area contributed by atoms with Gasteiger partial charge in [-0.25, -0.2) is 4.79 Å². The van der Waals surface area contributed by atoms with E-state index in [9.17, 15) is 24.3 Å². The van der Waals surface area contributed by atoms with Gasteiger partial charge in [-0.1, -0.05) is 40.5 Å². The molecular formula is C17H32N4O6. The number of carboxylic acid groups (broad SMARTS) is 1. The van der Waals surface area contributed by atoms with E-state index in [1.165, 1.54) is 0 Å². The number of hydrogen-bond acceptors (Lipinski definition) is 6. The molecule has 27 heavy (non-hydrogen) atoms. The molecule has 10 nitrogen and oxygen atoms in total. The maximum atomic E-state index is 12.1. The number of carboxylic acids is 1. The molecule has 0 heterocycles. The number of nitrogens with one attached hydrogen (secondary N) is 3. The van der Waals surface area contributed by atoms with Crippen molar-refractivity contribution in [2.75, 3.05) is 13.2 Å². The van der Waals surface area contributed by atoms with Crippen LogP contribution in [0.5, 0.6) is 0 Å². The number of rotatable bonds is 12. The molecule has 0 aromatic rings. The van der Waals surface area contributed by atoms with E-state index in [2.05, 4.69) is 16.0 Å². The van der Waals surface area contributed by atoms with Crippen LogP contribution in [0.4, 0.5) is 0 Å². The van der Waals surface area contributed by atoms with Gasteiger partial charge in [-0.3, -0.25) is 14.4 Å². The van der Waals surface area contributed by atoms with Crippen LogP contribution in [0.15, 0.2) is 0 Å². The van der Waals surface area contributed by atoms with Gasteiger partial charge in [-0.15, -0.1) is 0 Å². The standard InChI is InChI=1S/C17H32N4O6/c1-5-9(3)13(18)16(25)20-11(8-22)15(24)19-7-12(23)21-14(17(26)27)10(4)6-2/h9-11,13-14,22H,5-8,18H2,1-4H3,(H,19,24)(H,20,25)(H,21,23)(H,26,27). The van der Waals surface area contributed by atoms with Crippen LogP contribution in [-0.4, -0.2) is 65.2 Å². The van der Waals surface area contributed by atoms with Crippen LogP contribution < -0.4 is 21.7 Å². The van der Waals surface area contributed by atoms with E-state index in [1.807, 2.05) is 6.92 Å². The van der Waals surface area contributed by atoms with Crippen LogP contribution in [0.1, 0.15) is 40.5 Å². The minimum Gasteiger partial charge on any atom is -0.480 e. The third-order valence-electron chi connectivity index (χ3n) is 4.59. The number of amides is 3. The predicted molar refractivity (Wildman–Crippen MR) is 98.5 cm³/mol. The first kappa shape index (κ1) is 24.8. The molecule has 0 fully saturated rings. The van der Waals surface area contributed by atoms with Gasteiger partial charge >= 0.3 is 5.97 Å². The van der Waals surface area contributed by atoms with E-state index in [0.717, 1.165) is 0 Å². The molecule has 0 bridgehead atoms. The third-order valence-corrected chi connectivity index (χ3v) is 4.59. The molecule has 0 aliphatic rings. The summed E-state index contributed by atoms with van der Waals surface area (Å²) in [4.78, 5) is 47.2. The molecule has 0 saturated carbocycles. The molecule has 0 aliphatic heterocycles. The van der Waals surface area contributed by atoms with Crippen molar-refractivity contribution in [3.8, 4) is 0 Å². The number of hydrogen-bond donors (Lipinski definition) is 6. The molecule has 0 rings (SSSR count). The minimum absolute atomic E-state index is 0.105. The summed E-state index contributed by atoms with van der Waals surface area (Å²) in [7, 11) is 0. The molecule has 0 radical (unpaired) electrons. The molecular weight excluding hydrogens is 356 g/mol. The summed E-state index contributed by atoms with van der Waals surface area (Å²) >= 11 is 0. The van der Waals surface area contributed by atoms with Crippen molar-refractivity contribution in [3.05, 3.63) is 0 Å². The van der Waals surface area contributed by atoms with Crippen LogP contribution >= 0.6 is 0 Å². The molecule has 0 spiro atoms. The fourth-order valence-electron chi connectivity index (χ4n) is 2.17. The number of aliphatic carboxylic acids is 1. The second-order valence-electron chi connectivity index (χ2n) is 6.64. The largest absolute Gasteiger partial charge is 0.480 e. The van der Waals surface area contributed by atoms with Crippen LogP contribution in [0.25, 0.3) is 0 Å². The molecule has 0 aromatic heterocycles. The Labute approximate surface area is 159 Å². The van der Waals surface area contributed by atoms with E-state index < -0.39 is 55.0 Å². The first-order valence-electron chi connectivity index (χ1n) is 9.05. The fraction of sp³-hybridized carbons (Fsp3) is 0.765. The van der Waals surface area contributed by atoms with Crippen molar-refractivity contribution in [1.82, 2.24) is 16.0 Å². The Balaban J connectivity index is 4.65. The number of aliphatic hydroxyl groups is 1. The summed E-state index contributed by atoms with van der Waals surface area (Å²) in [6.07, 6.45) is 1.23. The van der Waals surface area contributed by atoms with E-state index in [-0.39, 0.29) is 11.8 Å². The average molecular weight is 388 g/mol. The number of carbonyl (C=O) groups excluding carboxylic acids is 3. The second-order valence-corrected chi connectivity index (χ2v) is 6.64. The summed E-state index contributed by atoms with van der Waals surface area (Å²) in [6.45, 7) is 6.00. The lowest BCUT2D eigenvalue weighted by atomic mass is 9.99. The highest BCUT2D eigenvalue weighted by Gasteiger charge is 2.27. The maximum absolute atomic E-state index is 12.1. The molecule has 0 aliphatic carbocycles. The number of carbonyl (C=O) groups is 4. The lowest BCUT2D eigenvalue weighted by Crippen LogP contribution is -2.56. The second kappa shape index (κ2) is 12.2. The molecule has 7 N–H and O–H groups in total. The zero-order valence-corrected chi connectivity index (χ0v) is 16.3. The van der Waals surface area contributed by atoms with E-state index in [1.54, 1.807) is 20.8 Å². The van der Waals surface area contributed by atoms with Crippen molar-refractivity contribution < 1.29 is 29.4 Å². The van der Waals surface area contributed by atoms with Crippen LogP contribution in [0.3, 0.4) is 0 Å². The topological polar surface area (TPSA) is 171 Å². The predicted octanol–water partition coefficient (Wildman–Crippen LogP) is -1.43. The first-order chi connectivity index (χ1) is 12.6. The van der Waals surface area contributed by atoms with Crippen LogP contribution in [0, 0.1) is 11.8 Å². The van der Waals surface area contributed by atoms with Gasteiger partial charge in [0.25, 0.3) is 0 Å². The summed E-state index contributed by atoms with van der Waals surface area (Å²) in [5.74, 6) is -3.59. The monoisotopic (exact) mass is 388 g/mol. The summed E-state index contributed by atoms with van der Waals surface area (Å²) in [5, 5.41) is 25.4. The van der Waals surface area contributed by atoms with E-state index in [0.29, 0.717) is 12.8 Å². The van der Waals surface area contributed by atoms with Gasteiger partial charge in [0.2, 0.25) is 17.7 Å². The SMILES string of the molecule is CCC(C)C(N)C(=O)NC(CO)C(=O)NCC(=O)NC(C(=O)O)C(C)CC. The van der Waals surface area contributed by atoms with E-state index >= 15 is 0 Å². The van der Waals surface area contributed by atoms with Gasteiger partial charge in [0, 0.05) is 0 Å². The molecule has 10 heteroatoms. The smallest absolute Gasteiger partial charge is 0.326 e. The summed E-state index contributed by atoms with van der Waals surface area (Å²) in [5.41, 5.74) is 5.78. The van der Waals surface area contributed by atoms with Gasteiger partial charge in [0.05, 0.1) is 19.2 Å². The normalized spacial score (nSPS) is 16.4. The Hall–Kier alpha value is -2.20. The fourth-order valence-corrected chi connectivity index (χ4v) is 2.17. The zero-order chi connectivity index (χ0) is 21.1. The summed E-state index contributed by atoms with van der Waals surface area (Å²) < 4.78 is 0. The summed E-state index contributed by atoms with van der Waals surface area (Å²) in [6, 6.07) is -3.15. The zero-order valence-electron chi connectivity index (χ0n) is 16.3. The van der Waals surface area contributed by atoms with Crippen molar-refractivity contribution in [2.24, 2.45) is 17.6 Å². The van der Waals surface area contributed by atoms with Gasteiger partial charge in [-0.05, 0) is 11.8 Å². The first-order valence-corrected chi connectivity index (χ1v) is 9.05. The molecule has 5 atom stereocenters. The Morgan fingerprint density at radius 3 is 1.96 bits per heavy atom. The Morgan fingerprint density at radius 1 is 0.963 bits per heavy atom. The van der Waals surface area contributed by atoms with Gasteiger partial charge in [0.1, 0.15) is 12.1 Å². The highest BCUT2D eigenvalue weighted by molar-refractivity contribution is 5.92. The molecule has 156 valence electrons. The highest BCUT2D eigenvalue weighted by Crippen LogP contribution is 2.07. The number of nitrogens with two attached hydrogens (primary N) is 1. The van der Waals surface area contributed by atoms with Gasteiger partial charge < -0.3 is 31.9 Å². The number of aliphatic hydroxyl groups excluding tert-OH is 1. The van der Waals surface area contributed by atoms with Crippen LogP contribution in [0.2, 0.25) is 0 Å². The highest BCUT2D eigenvalue weighted by atomic mass is 16.4. The molecule has 3 amide bonds. The van der Waals surface area contributed by atoms with Gasteiger partial charge in [-0.2, -0.15) is 0 Å². The Morgan fingerprint density at radius 2 is 1.52 bits per heavy atom. The third kappa shape index (κ3) is 8.35. The molecule has 0 saturated heterocycles. The lowest BCUT2D eigenvalue weighted by molar-refractivity contribution is -0.143. The lowest BCUT2D eigenvalue weighted by Gasteiger charge is -2.22. The van der Waals surface area contributed by atoms with E-state index in [4.69, 9.17) is 10.8 Å². The molecule has 0 aromatic carbocycles. The van der Waals surface area contributed by atoms with Crippen molar-refractivity contribution in [2.45, 2.75) is 58.7 Å². The Kier molecular flexibility index (Phi) is 11.2. The quantitative estimate of drug-likeness (QED) is 0.238. The van der Waals surface area contributed by atoms with Crippen molar-refractivity contribution in [3.63, 3.8) is 0 Å². The minimum atomic E-state index is -1.26. The van der Waals surface area contributed by atoms with Crippen molar-refractivity contribution >= 4 is 23.7 Å².